The predicted molar refractivity (Wildman–Crippen MR) is 76.6 cm³/mol. The van der Waals surface area contributed by atoms with Crippen molar-refractivity contribution >= 4 is 0 Å². The van der Waals surface area contributed by atoms with Gasteiger partial charge < -0.3 is 15.2 Å². The van der Waals surface area contributed by atoms with E-state index in [-0.39, 0.29) is 6.04 Å². The first-order valence-corrected chi connectivity index (χ1v) is 6.26. The Morgan fingerprint density at radius 3 is 2.26 bits per heavy atom. The highest BCUT2D eigenvalue weighted by Gasteiger charge is 2.09. The molecule has 0 radical (unpaired) electrons. The van der Waals surface area contributed by atoms with Gasteiger partial charge in [-0.15, -0.1) is 0 Å². The van der Waals surface area contributed by atoms with E-state index in [1.165, 1.54) is 0 Å². The van der Waals surface area contributed by atoms with Gasteiger partial charge in [0.1, 0.15) is 0 Å². The third-order valence-electron chi connectivity index (χ3n) is 3.13. The molecule has 0 bridgehead atoms. The number of hydrogen-bond donors (Lipinski definition) is 1. The summed E-state index contributed by atoms with van der Waals surface area (Å²) in [6.07, 6.45) is 0.768. The molecule has 0 aromatic heterocycles. The highest BCUT2D eigenvalue weighted by atomic mass is 16.5. The minimum absolute atomic E-state index is 0.0145. The summed E-state index contributed by atoms with van der Waals surface area (Å²) in [6, 6.07) is 16.0. The van der Waals surface area contributed by atoms with E-state index >= 15 is 0 Å². The molecule has 2 N–H and O–H groups in total. The van der Waals surface area contributed by atoms with E-state index in [4.69, 9.17) is 15.2 Å². The third kappa shape index (κ3) is 3.26. The fourth-order valence-electron chi connectivity index (χ4n) is 2.08. The van der Waals surface area contributed by atoms with Gasteiger partial charge in [0.2, 0.25) is 0 Å². The minimum Gasteiger partial charge on any atom is -0.493 e. The van der Waals surface area contributed by atoms with E-state index in [9.17, 15) is 0 Å². The molecule has 0 heterocycles. The predicted octanol–water partition coefficient (Wildman–Crippen LogP) is 2.95. The van der Waals surface area contributed by atoms with Crippen LogP contribution in [0.2, 0.25) is 0 Å². The molecular weight excluding hydrogens is 238 g/mol. The van der Waals surface area contributed by atoms with E-state index in [0.717, 1.165) is 29.0 Å². The van der Waals surface area contributed by atoms with Crippen LogP contribution in [0.5, 0.6) is 11.5 Å². The summed E-state index contributed by atoms with van der Waals surface area (Å²) in [7, 11) is 3.27. The SMILES string of the molecule is COc1ccc(CC(N)c2ccccc2)cc1OC. The average molecular weight is 257 g/mol. The summed E-state index contributed by atoms with van der Waals surface area (Å²) in [5, 5.41) is 0. The highest BCUT2D eigenvalue weighted by Crippen LogP contribution is 2.29. The molecule has 0 saturated carbocycles. The second-order valence-corrected chi connectivity index (χ2v) is 4.41. The average Bonchev–Trinajstić information content (AvgIpc) is 2.48. The Morgan fingerprint density at radius 1 is 0.947 bits per heavy atom. The Morgan fingerprint density at radius 2 is 1.63 bits per heavy atom. The molecule has 100 valence electrons. The van der Waals surface area contributed by atoms with E-state index < -0.39 is 0 Å². The van der Waals surface area contributed by atoms with Gasteiger partial charge in [0, 0.05) is 6.04 Å². The van der Waals surface area contributed by atoms with Crippen molar-refractivity contribution in [3.8, 4) is 11.5 Å². The van der Waals surface area contributed by atoms with Gasteiger partial charge in [-0.3, -0.25) is 0 Å². The fraction of sp³-hybridized carbons (Fsp3) is 0.250. The lowest BCUT2D eigenvalue weighted by Gasteiger charge is -2.14. The first-order valence-electron chi connectivity index (χ1n) is 6.26. The maximum absolute atomic E-state index is 6.22. The Labute approximate surface area is 114 Å². The molecule has 0 aliphatic heterocycles. The summed E-state index contributed by atoms with van der Waals surface area (Å²) in [5.74, 6) is 1.47. The van der Waals surface area contributed by atoms with Gasteiger partial charge in [0.05, 0.1) is 14.2 Å². The quantitative estimate of drug-likeness (QED) is 0.895. The molecule has 3 heteroatoms. The normalized spacial score (nSPS) is 11.9. The smallest absolute Gasteiger partial charge is 0.160 e. The van der Waals surface area contributed by atoms with Gasteiger partial charge >= 0.3 is 0 Å². The Balaban J connectivity index is 2.15. The van der Waals surface area contributed by atoms with Crippen LogP contribution in [0.15, 0.2) is 48.5 Å². The molecule has 19 heavy (non-hydrogen) atoms. The number of methoxy groups -OCH3 is 2. The highest BCUT2D eigenvalue weighted by molar-refractivity contribution is 5.43. The maximum Gasteiger partial charge on any atom is 0.160 e. The van der Waals surface area contributed by atoms with Crippen LogP contribution in [0.25, 0.3) is 0 Å². The Hall–Kier alpha value is -2.00. The second kappa shape index (κ2) is 6.25. The van der Waals surface area contributed by atoms with Gasteiger partial charge in [-0.25, -0.2) is 0 Å². The van der Waals surface area contributed by atoms with Gasteiger partial charge in [0.25, 0.3) is 0 Å². The summed E-state index contributed by atoms with van der Waals surface area (Å²) in [5.41, 5.74) is 8.49. The van der Waals surface area contributed by atoms with Crippen molar-refractivity contribution in [3.63, 3.8) is 0 Å². The molecule has 2 aromatic carbocycles. The largest absolute Gasteiger partial charge is 0.493 e. The van der Waals surface area contributed by atoms with Crippen molar-refractivity contribution in [1.82, 2.24) is 0 Å². The van der Waals surface area contributed by atoms with Gasteiger partial charge in [-0.05, 0) is 29.7 Å². The number of hydrogen-bond acceptors (Lipinski definition) is 3. The number of ether oxygens (including phenoxy) is 2. The molecule has 0 spiro atoms. The van der Waals surface area contributed by atoms with E-state index in [0.29, 0.717) is 0 Å². The zero-order valence-corrected chi connectivity index (χ0v) is 11.3. The van der Waals surface area contributed by atoms with Crippen molar-refractivity contribution in [1.29, 1.82) is 0 Å². The molecule has 1 atom stereocenters. The van der Waals surface area contributed by atoms with Crippen LogP contribution in [0.4, 0.5) is 0 Å². The number of nitrogens with two attached hydrogens (primary N) is 1. The lowest BCUT2D eigenvalue weighted by molar-refractivity contribution is 0.354. The van der Waals surface area contributed by atoms with Crippen LogP contribution < -0.4 is 15.2 Å². The first-order chi connectivity index (χ1) is 9.24. The van der Waals surface area contributed by atoms with Crippen molar-refractivity contribution < 1.29 is 9.47 Å². The van der Waals surface area contributed by atoms with Crippen molar-refractivity contribution in [2.24, 2.45) is 5.73 Å². The van der Waals surface area contributed by atoms with Crippen LogP contribution in [-0.2, 0) is 6.42 Å². The molecule has 2 rings (SSSR count). The summed E-state index contributed by atoms with van der Waals surface area (Å²) in [4.78, 5) is 0. The van der Waals surface area contributed by atoms with Crippen LogP contribution in [-0.4, -0.2) is 14.2 Å². The van der Waals surface area contributed by atoms with E-state index in [1.54, 1.807) is 14.2 Å². The topological polar surface area (TPSA) is 44.5 Å². The fourth-order valence-corrected chi connectivity index (χ4v) is 2.08. The Kier molecular flexibility index (Phi) is 4.42. The van der Waals surface area contributed by atoms with Gasteiger partial charge in [-0.2, -0.15) is 0 Å². The molecular formula is C16H19NO2. The summed E-state index contributed by atoms with van der Waals surface area (Å²) in [6.45, 7) is 0. The second-order valence-electron chi connectivity index (χ2n) is 4.41. The van der Waals surface area contributed by atoms with Crippen molar-refractivity contribution in [2.75, 3.05) is 14.2 Å². The molecule has 1 unspecified atom stereocenters. The number of benzene rings is 2. The van der Waals surface area contributed by atoms with Crippen LogP contribution in [0.1, 0.15) is 17.2 Å². The summed E-state index contributed by atoms with van der Waals surface area (Å²) >= 11 is 0. The van der Waals surface area contributed by atoms with Crippen molar-refractivity contribution in [3.05, 3.63) is 59.7 Å². The lowest BCUT2D eigenvalue weighted by Crippen LogP contribution is -2.13. The zero-order chi connectivity index (χ0) is 13.7. The van der Waals surface area contributed by atoms with E-state index in [2.05, 4.69) is 0 Å². The van der Waals surface area contributed by atoms with Gasteiger partial charge in [0.15, 0.2) is 11.5 Å². The third-order valence-corrected chi connectivity index (χ3v) is 3.13. The molecule has 0 fully saturated rings. The van der Waals surface area contributed by atoms with Crippen LogP contribution >= 0.6 is 0 Å². The van der Waals surface area contributed by atoms with Crippen LogP contribution in [0.3, 0.4) is 0 Å². The Bertz CT molecular complexity index is 526. The standard InChI is InChI=1S/C16H19NO2/c1-18-15-9-8-12(11-16(15)19-2)10-14(17)13-6-4-3-5-7-13/h3-9,11,14H,10,17H2,1-2H3. The molecule has 3 nitrogen and oxygen atoms in total. The number of rotatable bonds is 5. The van der Waals surface area contributed by atoms with Crippen molar-refractivity contribution in [2.45, 2.75) is 12.5 Å². The monoisotopic (exact) mass is 257 g/mol. The zero-order valence-electron chi connectivity index (χ0n) is 11.3. The molecule has 0 amide bonds. The maximum atomic E-state index is 6.22. The van der Waals surface area contributed by atoms with E-state index in [1.807, 2.05) is 48.5 Å². The molecule has 2 aromatic rings. The lowest BCUT2D eigenvalue weighted by atomic mass is 9.99. The minimum atomic E-state index is -0.0145. The molecule has 0 saturated heterocycles. The molecule has 0 aliphatic carbocycles. The first kappa shape index (κ1) is 13.4. The summed E-state index contributed by atoms with van der Waals surface area (Å²) < 4.78 is 10.5. The van der Waals surface area contributed by atoms with Gasteiger partial charge in [-0.1, -0.05) is 36.4 Å². The van der Waals surface area contributed by atoms with Crippen LogP contribution in [0, 0.1) is 0 Å². The molecule has 0 aliphatic rings.